The number of nitrogens with zero attached hydrogens (tertiary/aromatic N) is 3. The van der Waals surface area contributed by atoms with Crippen LogP contribution in [0, 0.1) is 5.92 Å². The number of pyridine rings is 2. The predicted molar refractivity (Wildman–Crippen MR) is 120 cm³/mol. The molecule has 2 heterocycles. The monoisotopic (exact) mass is 400 g/mol. The third kappa shape index (κ3) is 3.53. The molecule has 2 aromatic heterocycles. The molecule has 1 unspecified atom stereocenters. The topological polar surface area (TPSA) is 58.1 Å². The van der Waals surface area contributed by atoms with Crippen LogP contribution >= 0.6 is 0 Å². The first-order chi connectivity index (χ1) is 14.6. The van der Waals surface area contributed by atoms with Gasteiger partial charge in [0.1, 0.15) is 0 Å². The van der Waals surface area contributed by atoms with Gasteiger partial charge in [-0.05, 0) is 68.4 Å². The Bertz CT molecular complexity index is 1070. The van der Waals surface area contributed by atoms with Crippen LogP contribution in [0.2, 0.25) is 0 Å². The highest BCUT2D eigenvalue weighted by Gasteiger charge is 2.31. The van der Waals surface area contributed by atoms with Crippen molar-refractivity contribution in [2.45, 2.75) is 51.0 Å². The van der Waals surface area contributed by atoms with Crippen LogP contribution in [0.15, 0.2) is 48.8 Å². The fraction of sp³-hybridized carbons (Fsp3) is 0.400. The Kier molecular flexibility index (Phi) is 4.89. The first-order valence-corrected chi connectivity index (χ1v) is 11.0. The van der Waals surface area contributed by atoms with E-state index in [0.717, 1.165) is 40.8 Å². The van der Waals surface area contributed by atoms with Gasteiger partial charge in [-0.25, -0.2) is 0 Å². The van der Waals surface area contributed by atoms with Crippen LogP contribution in [0.3, 0.4) is 0 Å². The molecular weight excluding hydrogens is 372 g/mol. The highest BCUT2D eigenvalue weighted by molar-refractivity contribution is 5.85. The normalized spacial score (nSPS) is 17.4. The molecule has 5 nitrogen and oxygen atoms in total. The molecule has 0 bridgehead atoms. The minimum Gasteiger partial charge on any atom is -0.354 e. The van der Waals surface area contributed by atoms with Crippen LogP contribution in [0.5, 0.6) is 0 Å². The maximum Gasteiger partial charge on any atom is 0.225 e. The third-order valence-electron chi connectivity index (χ3n) is 6.71. The Morgan fingerprint density at radius 1 is 1.10 bits per heavy atom. The second-order valence-electron chi connectivity index (χ2n) is 8.73. The van der Waals surface area contributed by atoms with E-state index in [-0.39, 0.29) is 17.9 Å². The van der Waals surface area contributed by atoms with Crippen LogP contribution in [0.25, 0.3) is 11.0 Å². The molecule has 30 heavy (non-hydrogen) atoms. The van der Waals surface area contributed by atoms with Gasteiger partial charge < -0.3 is 10.2 Å². The average molecular weight is 401 g/mol. The van der Waals surface area contributed by atoms with Crippen molar-refractivity contribution in [2.24, 2.45) is 5.92 Å². The number of carbonyl (C=O) groups is 1. The van der Waals surface area contributed by atoms with Crippen LogP contribution in [-0.2, 0) is 4.79 Å². The Labute approximate surface area is 177 Å². The van der Waals surface area contributed by atoms with E-state index in [1.54, 1.807) is 0 Å². The van der Waals surface area contributed by atoms with E-state index >= 15 is 0 Å². The molecule has 0 aliphatic heterocycles. The van der Waals surface area contributed by atoms with Crippen molar-refractivity contribution < 1.29 is 4.79 Å². The zero-order valence-electron chi connectivity index (χ0n) is 17.6. The standard InChI is InChI=1S/C25H28N4O/c1-16(29(2)25(30)19-5-3-6-19)17-10-12-20(13-11-17)28-22-15-27-21-7-4-14-26-24(21)23(22)18-8-9-18/h4,7,10-16,18-19,28H,3,5-6,8-9H2,1-2H3. The lowest BCUT2D eigenvalue weighted by atomic mass is 9.84. The molecule has 1 atom stereocenters. The fourth-order valence-electron chi connectivity index (χ4n) is 4.28. The lowest BCUT2D eigenvalue weighted by molar-refractivity contribution is -0.138. The van der Waals surface area contributed by atoms with Gasteiger partial charge in [0, 0.05) is 30.4 Å². The van der Waals surface area contributed by atoms with E-state index < -0.39 is 0 Å². The summed E-state index contributed by atoms with van der Waals surface area (Å²) in [6.45, 7) is 2.10. The van der Waals surface area contributed by atoms with Crippen molar-refractivity contribution in [3.8, 4) is 0 Å². The van der Waals surface area contributed by atoms with Gasteiger partial charge in [0.15, 0.2) is 0 Å². The van der Waals surface area contributed by atoms with Gasteiger partial charge >= 0.3 is 0 Å². The van der Waals surface area contributed by atoms with Crippen molar-refractivity contribution in [3.05, 3.63) is 59.9 Å². The fourth-order valence-corrected chi connectivity index (χ4v) is 4.28. The molecule has 2 aliphatic carbocycles. The highest BCUT2D eigenvalue weighted by atomic mass is 16.2. The molecule has 2 saturated carbocycles. The molecule has 0 saturated heterocycles. The van der Waals surface area contributed by atoms with Gasteiger partial charge in [-0.2, -0.15) is 0 Å². The highest BCUT2D eigenvalue weighted by Crippen LogP contribution is 2.46. The Hall–Kier alpha value is -2.95. The minimum absolute atomic E-state index is 0.0701. The second kappa shape index (κ2) is 7.71. The van der Waals surface area contributed by atoms with Crippen molar-refractivity contribution in [2.75, 3.05) is 12.4 Å². The zero-order valence-corrected chi connectivity index (χ0v) is 17.6. The molecule has 0 radical (unpaired) electrons. The van der Waals surface area contributed by atoms with Gasteiger partial charge in [-0.15, -0.1) is 0 Å². The predicted octanol–water partition coefficient (Wildman–Crippen LogP) is 5.57. The summed E-state index contributed by atoms with van der Waals surface area (Å²) in [6, 6.07) is 12.4. The molecule has 1 N–H and O–H groups in total. The smallest absolute Gasteiger partial charge is 0.225 e. The molecule has 3 aromatic rings. The first-order valence-electron chi connectivity index (χ1n) is 11.0. The van der Waals surface area contributed by atoms with E-state index in [0.29, 0.717) is 5.92 Å². The van der Waals surface area contributed by atoms with Gasteiger partial charge in [-0.1, -0.05) is 18.6 Å². The Morgan fingerprint density at radius 2 is 1.87 bits per heavy atom. The maximum atomic E-state index is 12.6. The second-order valence-corrected chi connectivity index (χ2v) is 8.73. The third-order valence-corrected chi connectivity index (χ3v) is 6.71. The van der Waals surface area contributed by atoms with Gasteiger partial charge in [0.2, 0.25) is 5.91 Å². The Balaban J connectivity index is 1.35. The molecule has 154 valence electrons. The minimum atomic E-state index is 0.0701. The molecule has 5 heteroatoms. The molecule has 2 aliphatic rings. The Morgan fingerprint density at radius 3 is 2.53 bits per heavy atom. The van der Waals surface area contributed by atoms with Crippen LogP contribution in [-0.4, -0.2) is 27.8 Å². The summed E-state index contributed by atoms with van der Waals surface area (Å²) in [4.78, 5) is 23.7. The lowest BCUT2D eigenvalue weighted by Gasteiger charge is -2.33. The largest absolute Gasteiger partial charge is 0.354 e. The van der Waals surface area contributed by atoms with Gasteiger partial charge in [0.05, 0.1) is 29.0 Å². The number of benzene rings is 1. The first kappa shape index (κ1) is 19.0. The summed E-state index contributed by atoms with van der Waals surface area (Å²) in [7, 11) is 1.92. The SMILES string of the molecule is CC(c1ccc(Nc2cnc3cccnc3c2C2CC2)cc1)N(C)C(=O)C1CCC1. The van der Waals surface area contributed by atoms with Crippen molar-refractivity contribution in [3.63, 3.8) is 0 Å². The van der Waals surface area contributed by atoms with E-state index in [9.17, 15) is 4.79 Å². The summed E-state index contributed by atoms with van der Waals surface area (Å²) < 4.78 is 0. The van der Waals surface area contributed by atoms with Crippen molar-refractivity contribution >= 4 is 28.3 Å². The summed E-state index contributed by atoms with van der Waals surface area (Å²) in [5.41, 5.74) is 6.46. The number of carbonyl (C=O) groups excluding carboxylic acids is 1. The number of fused-ring (bicyclic) bond motifs is 1. The summed E-state index contributed by atoms with van der Waals surface area (Å²) in [5, 5.41) is 3.56. The number of hydrogen-bond donors (Lipinski definition) is 1. The van der Waals surface area contributed by atoms with E-state index in [2.05, 4.69) is 46.5 Å². The molecule has 5 rings (SSSR count). The summed E-state index contributed by atoms with van der Waals surface area (Å²) in [5.74, 6) is 1.08. The van der Waals surface area contributed by atoms with Crippen molar-refractivity contribution in [1.29, 1.82) is 0 Å². The van der Waals surface area contributed by atoms with Crippen LogP contribution in [0.4, 0.5) is 11.4 Å². The molecular formula is C25H28N4O. The van der Waals surface area contributed by atoms with Gasteiger partial charge in [-0.3, -0.25) is 14.8 Å². The quantitative estimate of drug-likeness (QED) is 0.588. The number of anilines is 2. The molecule has 2 fully saturated rings. The molecule has 1 aromatic carbocycles. The molecule has 0 spiro atoms. The average Bonchev–Trinajstić information content (AvgIpc) is 3.57. The van der Waals surface area contributed by atoms with Crippen molar-refractivity contribution in [1.82, 2.24) is 14.9 Å². The van der Waals surface area contributed by atoms with E-state index in [1.165, 1.54) is 24.8 Å². The molecule has 1 amide bonds. The van der Waals surface area contributed by atoms with Gasteiger partial charge in [0.25, 0.3) is 0 Å². The number of nitrogens with one attached hydrogen (secondary N) is 1. The van der Waals surface area contributed by atoms with Crippen LogP contribution < -0.4 is 5.32 Å². The number of aromatic nitrogens is 2. The maximum absolute atomic E-state index is 12.6. The zero-order chi connectivity index (χ0) is 20.7. The number of amides is 1. The number of rotatable bonds is 6. The summed E-state index contributed by atoms with van der Waals surface area (Å²) >= 11 is 0. The van der Waals surface area contributed by atoms with E-state index in [1.807, 2.05) is 36.5 Å². The lowest BCUT2D eigenvalue weighted by Crippen LogP contribution is -2.37. The number of hydrogen-bond acceptors (Lipinski definition) is 4. The van der Waals surface area contributed by atoms with E-state index in [4.69, 9.17) is 0 Å². The summed E-state index contributed by atoms with van der Waals surface area (Å²) in [6.07, 6.45) is 9.45. The van der Waals surface area contributed by atoms with Crippen LogP contribution in [0.1, 0.15) is 62.1 Å².